The number of ether oxygens (including phenoxy) is 1. The first-order valence-corrected chi connectivity index (χ1v) is 17.7. The average molecular weight is 755 g/mol. The second-order valence-corrected chi connectivity index (χ2v) is 14.1. The van der Waals surface area contributed by atoms with Crippen LogP contribution in [-0.4, -0.2) is 36.1 Å². The Bertz CT molecular complexity index is 2010. The number of rotatable bonds is 11. The van der Waals surface area contributed by atoms with Crippen molar-refractivity contribution in [1.29, 1.82) is 0 Å². The van der Waals surface area contributed by atoms with Gasteiger partial charge < -0.3 is 20.7 Å². The van der Waals surface area contributed by atoms with Gasteiger partial charge in [-0.2, -0.15) is 0 Å². The van der Waals surface area contributed by atoms with Gasteiger partial charge in [0, 0.05) is 31.6 Å². The number of nitrogens with one attached hydrogen (secondary N) is 3. The third-order valence-electron chi connectivity index (χ3n) is 7.26. The molecule has 1 heterocycles. The van der Waals surface area contributed by atoms with Gasteiger partial charge in [-0.1, -0.05) is 82.2 Å². The Morgan fingerprint density at radius 2 is 1.59 bits per heavy atom. The number of esters is 1. The van der Waals surface area contributed by atoms with Crippen molar-refractivity contribution >= 4 is 79.5 Å². The SMILES string of the molecule is COC(=O)c1c(-c2ccc(C)cc2)csc1NC(=O)C(C)Sc1cccc(NC(=O)/C(=C/c2ccc(Br)cc2)NC(=O)c2ccccc2)c1. The second-order valence-electron chi connectivity index (χ2n) is 10.9. The molecule has 0 saturated heterocycles. The number of anilines is 2. The molecule has 1 aromatic heterocycles. The Hall–Kier alpha value is -4.97. The molecule has 3 N–H and O–H groups in total. The number of aryl methyl sites for hydroxylation is 1. The average Bonchev–Trinajstić information content (AvgIpc) is 3.52. The van der Waals surface area contributed by atoms with Crippen LogP contribution in [0.4, 0.5) is 10.7 Å². The van der Waals surface area contributed by atoms with E-state index in [1.54, 1.807) is 55.5 Å². The topological polar surface area (TPSA) is 114 Å². The van der Waals surface area contributed by atoms with Gasteiger partial charge in [0.05, 0.1) is 12.4 Å². The van der Waals surface area contributed by atoms with Crippen molar-refractivity contribution in [1.82, 2.24) is 5.32 Å². The maximum absolute atomic E-state index is 13.5. The van der Waals surface area contributed by atoms with Crippen LogP contribution in [0.25, 0.3) is 17.2 Å². The molecule has 5 rings (SSSR count). The van der Waals surface area contributed by atoms with E-state index >= 15 is 0 Å². The number of carbonyl (C=O) groups excluding carboxylic acids is 4. The van der Waals surface area contributed by atoms with Gasteiger partial charge in [-0.3, -0.25) is 14.4 Å². The van der Waals surface area contributed by atoms with Gasteiger partial charge in [0.1, 0.15) is 16.3 Å². The predicted octanol–water partition coefficient (Wildman–Crippen LogP) is 8.80. The molecule has 49 heavy (non-hydrogen) atoms. The van der Waals surface area contributed by atoms with Crippen LogP contribution in [0.15, 0.2) is 124 Å². The largest absolute Gasteiger partial charge is 0.465 e. The number of hydrogen-bond acceptors (Lipinski definition) is 7. The lowest BCUT2D eigenvalue weighted by atomic mass is 10.0. The number of methoxy groups -OCH3 is 1. The Morgan fingerprint density at radius 3 is 2.29 bits per heavy atom. The molecule has 0 radical (unpaired) electrons. The van der Waals surface area contributed by atoms with Crippen molar-refractivity contribution in [3.8, 4) is 11.1 Å². The molecule has 8 nitrogen and oxygen atoms in total. The van der Waals surface area contributed by atoms with E-state index in [-0.39, 0.29) is 11.6 Å². The highest BCUT2D eigenvalue weighted by atomic mass is 79.9. The van der Waals surface area contributed by atoms with E-state index in [1.165, 1.54) is 30.2 Å². The van der Waals surface area contributed by atoms with E-state index < -0.39 is 23.0 Å². The molecule has 1 unspecified atom stereocenters. The molecule has 0 saturated carbocycles. The number of thioether (sulfide) groups is 1. The standard InChI is InChI=1S/C38H32BrN3O5S2/c1-23-12-16-26(17-13-23)31-22-48-37(33(31)38(46)47-3)42-34(43)24(2)49-30-11-7-10-29(21-30)40-36(45)32(20-25-14-18-28(39)19-15-25)41-35(44)27-8-5-4-6-9-27/h4-22,24H,1-3H3,(H,40,45)(H,41,44)(H,42,43)/b32-20-. The van der Waals surface area contributed by atoms with Gasteiger partial charge in [0.2, 0.25) is 5.91 Å². The lowest BCUT2D eigenvalue weighted by Crippen LogP contribution is -2.30. The highest BCUT2D eigenvalue weighted by Crippen LogP contribution is 2.37. The summed E-state index contributed by atoms with van der Waals surface area (Å²) in [5, 5.41) is 10.2. The number of carbonyl (C=O) groups is 4. The number of amides is 3. The molecule has 0 aliphatic heterocycles. The number of halogens is 1. The summed E-state index contributed by atoms with van der Waals surface area (Å²) in [5.74, 6) is -1.78. The summed E-state index contributed by atoms with van der Waals surface area (Å²) in [6.45, 7) is 3.74. The van der Waals surface area contributed by atoms with Crippen LogP contribution in [0.3, 0.4) is 0 Å². The van der Waals surface area contributed by atoms with Gasteiger partial charge >= 0.3 is 5.97 Å². The molecule has 0 aliphatic carbocycles. The van der Waals surface area contributed by atoms with Crippen molar-refractivity contribution in [2.24, 2.45) is 0 Å². The smallest absolute Gasteiger partial charge is 0.341 e. The van der Waals surface area contributed by atoms with Crippen LogP contribution in [0.2, 0.25) is 0 Å². The van der Waals surface area contributed by atoms with E-state index in [0.717, 1.165) is 26.1 Å². The zero-order valence-corrected chi connectivity index (χ0v) is 30.0. The van der Waals surface area contributed by atoms with Crippen molar-refractivity contribution < 1.29 is 23.9 Å². The molecule has 248 valence electrons. The summed E-state index contributed by atoms with van der Waals surface area (Å²) in [5.41, 5.74) is 4.60. The summed E-state index contributed by atoms with van der Waals surface area (Å²) in [4.78, 5) is 53.4. The molecule has 0 bridgehead atoms. The van der Waals surface area contributed by atoms with Crippen molar-refractivity contribution in [2.75, 3.05) is 17.7 Å². The van der Waals surface area contributed by atoms with Crippen LogP contribution in [0.5, 0.6) is 0 Å². The molecule has 11 heteroatoms. The molecular weight excluding hydrogens is 722 g/mol. The van der Waals surface area contributed by atoms with Crippen LogP contribution >= 0.6 is 39.0 Å². The highest BCUT2D eigenvalue weighted by Gasteiger charge is 2.24. The Labute approximate surface area is 301 Å². The van der Waals surface area contributed by atoms with Gasteiger partial charge in [0.25, 0.3) is 11.8 Å². The monoisotopic (exact) mass is 753 g/mol. The van der Waals surface area contributed by atoms with Gasteiger partial charge in [0.15, 0.2) is 0 Å². The zero-order chi connectivity index (χ0) is 34.9. The Morgan fingerprint density at radius 1 is 0.878 bits per heavy atom. The molecule has 1 atom stereocenters. The van der Waals surface area contributed by atoms with Crippen molar-refractivity contribution in [2.45, 2.75) is 24.0 Å². The maximum atomic E-state index is 13.5. The number of benzene rings is 4. The first-order chi connectivity index (χ1) is 23.6. The first kappa shape index (κ1) is 35.3. The van der Waals surface area contributed by atoms with Crippen LogP contribution in [0.1, 0.15) is 38.8 Å². The number of hydrogen-bond donors (Lipinski definition) is 3. The van der Waals surface area contributed by atoms with E-state index in [1.807, 2.05) is 73.0 Å². The first-order valence-electron chi connectivity index (χ1n) is 15.1. The second kappa shape index (κ2) is 16.4. The zero-order valence-electron chi connectivity index (χ0n) is 26.8. The van der Waals surface area contributed by atoms with Crippen molar-refractivity contribution in [3.63, 3.8) is 0 Å². The number of thiophene rings is 1. The molecule has 3 amide bonds. The quantitative estimate of drug-likeness (QED) is 0.0706. The van der Waals surface area contributed by atoms with Gasteiger partial charge in [-0.25, -0.2) is 4.79 Å². The molecule has 5 aromatic rings. The minimum atomic E-state index is -0.556. The summed E-state index contributed by atoms with van der Waals surface area (Å²) in [6, 6.07) is 30.8. The fourth-order valence-electron chi connectivity index (χ4n) is 4.69. The minimum Gasteiger partial charge on any atom is -0.465 e. The minimum absolute atomic E-state index is 0.0596. The van der Waals surface area contributed by atoms with Gasteiger partial charge in [-0.15, -0.1) is 23.1 Å². The highest BCUT2D eigenvalue weighted by molar-refractivity contribution is 9.10. The Balaban J connectivity index is 1.29. The summed E-state index contributed by atoms with van der Waals surface area (Å²) < 4.78 is 5.93. The van der Waals surface area contributed by atoms with E-state index in [0.29, 0.717) is 27.4 Å². The van der Waals surface area contributed by atoms with Crippen LogP contribution < -0.4 is 16.0 Å². The van der Waals surface area contributed by atoms with Crippen molar-refractivity contribution in [3.05, 3.63) is 141 Å². The fraction of sp³-hybridized carbons (Fsp3) is 0.105. The lowest BCUT2D eigenvalue weighted by molar-refractivity contribution is -0.115. The fourth-order valence-corrected chi connectivity index (χ4v) is 6.84. The summed E-state index contributed by atoms with van der Waals surface area (Å²) in [6.07, 6.45) is 1.60. The third-order valence-corrected chi connectivity index (χ3v) is 9.78. The van der Waals surface area contributed by atoms with Gasteiger partial charge in [-0.05, 0) is 73.5 Å². The molecule has 0 aliphatic rings. The molecular formula is C38H32BrN3O5S2. The van der Waals surface area contributed by atoms with E-state index in [4.69, 9.17) is 4.74 Å². The molecule has 0 spiro atoms. The predicted molar refractivity (Wildman–Crippen MR) is 201 cm³/mol. The van der Waals surface area contributed by atoms with Crippen LogP contribution in [0, 0.1) is 6.92 Å². The normalized spacial score (nSPS) is 11.7. The van der Waals surface area contributed by atoms with E-state index in [9.17, 15) is 19.2 Å². The molecule has 4 aromatic carbocycles. The summed E-state index contributed by atoms with van der Waals surface area (Å²) in [7, 11) is 1.31. The van der Waals surface area contributed by atoms with Crippen LogP contribution in [-0.2, 0) is 14.3 Å². The maximum Gasteiger partial charge on any atom is 0.341 e. The summed E-state index contributed by atoms with van der Waals surface area (Å²) >= 11 is 5.97. The Kier molecular flexibility index (Phi) is 11.8. The third kappa shape index (κ3) is 9.35. The molecule has 0 fully saturated rings. The lowest BCUT2D eigenvalue weighted by Gasteiger charge is -2.14. The van der Waals surface area contributed by atoms with E-state index in [2.05, 4.69) is 31.9 Å².